The number of fused-ring (bicyclic) bond motifs is 1. The van der Waals surface area contributed by atoms with Crippen LogP contribution in [0.2, 0.25) is 0 Å². The fraction of sp³-hybridized carbons (Fsp3) is 0.0476. The number of hydrogen-bond acceptors (Lipinski definition) is 3. The summed E-state index contributed by atoms with van der Waals surface area (Å²) < 4.78 is 21.0. The van der Waals surface area contributed by atoms with Gasteiger partial charge in [0.2, 0.25) is 0 Å². The summed E-state index contributed by atoms with van der Waals surface area (Å²) in [6.07, 6.45) is 1.64. The van der Waals surface area contributed by atoms with Crippen molar-refractivity contribution in [3.8, 4) is 17.4 Å². The number of nitrogens with zero attached hydrogens (tertiary/aromatic N) is 3. The quantitative estimate of drug-likeness (QED) is 0.490. The molecule has 2 aromatic heterocycles. The van der Waals surface area contributed by atoms with Gasteiger partial charge in [-0.2, -0.15) is 5.26 Å². The minimum atomic E-state index is -0.326. The highest BCUT2D eigenvalue weighted by atomic mass is 19.1. The molecular formula is C21H14FN3O. The maximum Gasteiger partial charge on any atom is 0.151 e. The number of benzene rings is 2. The number of imidazole rings is 1. The molecule has 5 heteroatoms. The maximum atomic E-state index is 13.4. The number of para-hydroxylation sites is 2. The first-order valence-corrected chi connectivity index (χ1v) is 8.05. The summed E-state index contributed by atoms with van der Waals surface area (Å²) in [6, 6.07) is 19.6. The van der Waals surface area contributed by atoms with E-state index in [4.69, 9.17) is 4.42 Å². The highest BCUT2D eigenvalue weighted by molar-refractivity contribution is 5.90. The van der Waals surface area contributed by atoms with Crippen LogP contribution in [0.1, 0.15) is 11.6 Å². The maximum absolute atomic E-state index is 13.4. The Morgan fingerprint density at radius 3 is 2.77 bits per heavy atom. The van der Waals surface area contributed by atoms with Crippen LogP contribution in [0.3, 0.4) is 0 Å². The number of nitriles is 1. The number of rotatable bonds is 3. The topological polar surface area (TPSA) is 54.8 Å². The molecule has 0 radical (unpaired) electrons. The van der Waals surface area contributed by atoms with Gasteiger partial charge < -0.3 is 8.98 Å². The highest BCUT2D eigenvalue weighted by Crippen LogP contribution is 2.26. The number of allylic oxidation sites excluding steroid dienone is 1. The summed E-state index contributed by atoms with van der Waals surface area (Å²) in [5.74, 6) is 1.29. The number of aromatic nitrogens is 2. The van der Waals surface area contributed by atoms with Crippen LogP contribution >= 0.6 is 0 Å². The lowest BCUT2D eigenvalue weighted by Gasteiger charge is -2.00. The van der Waals surface area contributed by atoms with Crippen molar-refractivity contribution >= 4 is 22.7 Å². The third-order valence-electron chi connectivity index (χ3n) is 4.17. The second-order valence-corrected chi connectivity index (χ2v) is 5.87. The van der Waals surface area contributed by atoms with Crippen molar-refractivity contribution in [2.24, 2.45) is 7.05 Å². The van der Waals surface area contributed by atoms with Crippen LogP contribution in [0, 0.1) is 17.1 Å². The normalized spacial score (nSPS) is 11.7. The summed E-state index contributed by atoms with van der Waals surface area (Å²) in [5.41, 5.74) is 2.81. The molecule has 0 atom stereocenters. The zero-order valence-corrected chi connectivity index (χ0v) is 14.0. The zero-order valence-electron chi connectivity index (χ0n) is 14.0. The van der Waals surface area contributed by atoms with E-state index in [-0.39, 0.29) is 5.82 Å². The number of halogens is 1. The Bertz CT molecular complexity index is 1180. The van der Waals surface area contributed by atoms with Gasteiger partial charge >= 0.3 is 0 Å². The fourth-order valence-corrected chi connectivity index (χ4v) is 2.90. The molecule has 26 heavy (non-hydrogen) atoms. The minimum Gasteiger partial charge on any atom is -0.457 e. The van der Waals surface area contributed by atoms with E-state index >= 15 is 0 Å². The molecule has 0 unspecified atom stereocenters. The Kier molecular flexibility index (Phi) is 3.86. The summed E-state index contributed by atoms with van der Waals surface area (Å²) in [7, 11) is 1.87. The summed E-state index contributed by atoms with van der Waals surface area (Å²) in [4.78, 5) is 4.54. The van der Waals surface area contributed by atoms with Crippen LogP contribution in [0.5, 0.6) is 0 Å². The van der Waals surface area contributed by atoms with Gasteiger partial charge in [0.05, 0.1) is 16.6 Å². The Morgan fingerprint density at radius 2 is 2.00 bits per heavy atom. The minimum absolute atomic E-state index is 0.326. The predicted octanol–water partition coefficient (Wildman–Crippen LogP) is 5.04. The van der Waals surface area contributed by atoms with Gasteiger partial charge in [-0.05, 0) is 36.4 Å². The van der Waals surface area contributed by atoms with E-state index in [1.807, 2.05) is 35.9 Å². The first-order valence-electron chi connectivity index (χ1n) is 8.05. The van der Waals surface area contributed by atoms with E-state index in [0.29, 0.717) is 28.5 Å². The fourth-order valence-electron chi connectivity index (χ4n) is 2.90. The molecule has 4 aromatic rings. The molecule has 2 aromatic carbocycles. The molecule has 0 N–H and O–H groups in total. The molecule has 4 rings (SSSR count). The van der Waals surface area contributed by atoms with E-state index in [2.05, 4.69) is 11.1 Å². The van der Waals surface area contributed by atoms with Crippen LogP contribution in [-0.4, -0.2) is 9.55 Å². The Labute approximate surface area is 149 Å². The Morgan fingerprint density at radius 1 is 1.15 bits per heavy atom. The molecule has 0 saturated carbocycles. The van der Waals surface area contributed by atoms with Crippen LogP contribution in [0.15, 0.2) is 65.1 Å². The molecule has 126 valence electrons. The molecular weight excluding hydrogens is 329 g/mol. The molecule has 0 aliphatic carbocycles. The average Bonchev–Trinajstić information content (AvgIpc) is 3.25. The van der Waals surface area contributed by atoms with Crippen molar-refractivity contribution in [3.05, 3.63) is 78.1 Å². The van der Waals surface area contributed by atoms with Gasteiger partial charge in [-0.3, -0.25) is 0 Å². The van der Waals surface area contributed by atoms with Gasteiger partial charge in [0.15, 0.2) is 5.82 Å². The van der Waals surface area contributed by atoms with Crippen molar-refractivity contribution in [1.82, 2.24) is 9.55 Å². The third-order valence-corrected chi connectivity index (χ3v) is 4.17. The first-order chi connectivity index (χ1) is 12.7. The van der Waals surface area contributed by atoms with E-state index < -0.39 is 0 Å². The number of hydrogen-bond donors (Lipinski definition) is 0. The van der Waals surface area contributed by atoms with Crippen LogP contribution < -0.4 is 0 Å². The summed E-state index contributed by atoms with van der Waals surface area (Å²) in [6.45, 7) is 0. The van der Waals surface area contributed by atoms with Crippen molar-refractivity contribution in [1.29, 1.82) is 5.26 Å². The van der Waals surface area contributed by atoms with E-state index in [1.165, 1.54) is 12.1 Å². The standard InChI is InChI=1S/C21H14FN3O/c1-25-19-8-3-2-7-18(19)24-21(25)15(13-23)12-17-9-10-20(26-17)14-5-4-6-16(22)11-14/h2-12H,1H3. The Balaban J connectivity index is 1.74. The second-order valence-electron chi connectivity index (χ2n) is 5.87. The Hall–Kier alpha value is -3.65. The van der Waals surface area contributed by atoms with E-state index in [9.17, 15) is 9.65 Å². The van der Waals surface area contributed by atoms with Crippen molar-refractivity contribution < 1.29 is 8.81 Å². The van der Waals surface area contributed by atoms with Gasteiger partial charge in [-0.25, -0.2) is 9.37 Å². The SMILES string of the molecule is Cn1c(C(C#N)=Cc2ccc(-c3cccc(F)c3)o2)nc2ccccc21. The third kappa shape index (κ3) is 2.78. The van der Waals surface area contributed by atoms with Gasteiger partial charge in [0, 0.05) is 18.7 Å². The lowest BCUT2D eigenvalue weighted by Crippen LogP contribution is -1.95. The highest BCUT2D eigenvalue weighted by Gasteiger charge is 2.13. The molecule has 0 amide bonds. The second kappa shape index (κ2) is 6.34. The van der Waals surface area contributed by atoms with Crippen molar-refractivity contribution in [2.75, 3.05) is 0 Å². The van der Waals surface area contributed by atoms with Crippen LogP contribution in [-0.2, 0) is 7.05 Å². The molecule has 0 spiro atoms. The number of furan rings is 1. The van der Waals surface area contributed by atoms with Gasteiger partial charge in [-0.15, -0.1) is 0 Å². The largest absolute Gasteiger partial charge is 0.457 e. The molecule has 0 saturated heterocycles. The van der Waals surface area contributed by atoms with E-state index in [1.54, 1.807) is 30.3 Å². The summed E-state index contributed by atoms with van der Waals surface area (Å²) >= 11 is 0. The van der Waals surface area contributed by atoms with Crippen LogP contribution in [0.4, 0.5) is 4.39 Å². The van der Waals surface area contributed by atoms with Gasteiger partial charge in [0.1, 0.15) is 23.4 Å². The molecule has 2 heterocycles. The molecule has 0 fully saturated rings. The first kappa shape index (κ1) is 15.9. The molecule has 0 aliphatic heterocycles. The average molecular weight is 343 g/mol. The smallest absolute Gasteiger partial charge is 0.151 e. The molecule has 4 nitrogen and oxygen atoms in total. The van der Waals surface area contributed by atoms with Crippen molar-refractivity contribution in [2.45, 2.75) is 0 Å². The van der Waals surface area contributed by atoms with Crippen molar-refractivity contribution in [3.63, 3.8) is 0 Å². The molecule has 0 bridgehead atoms. The van der Waals surface area contributed by atoms with Gasteiger partial charge in [0.25, 0.3) is 0 Å². The van der Waals surface area contributed by atoms with Crippen LogP contribution in [0.25, 0.3) is 34.0 Å². The lowest BCUT2D eigenvalue weighted by atomic mass is 10.2. The zero-order chi connectivity index (χ0) is 18.1. The van der Waals surface area contributed by atoms with E-state index in [0.717, 1.165) is 11.0 Å². The van der Waals surface area contributed by atoms with Gasteiger partial charge in [-0.1, -0.05) is 24.3 Å². The molecule has 0 aliphatic rings. The summed E-state index contributed by atoms with van der Waals surface area (Å²) in [5, 5.41) is 9.59. The monoisotopic (exact) mass is 343 g/mol. The lowest BCUT2D eigenvalue weighted by molar-refractivity contribution is 0.570. The number of aryl methyl sites for hydroxylation is 1. The predicted molar refractivity (Wildman–Crippen MR) is 98.3 cm³/mol.